The standard InChI is InChI=1S/C20H23N3OS2/c1-15(18(24)23(2)20(14-21)11-7-4-8-12-20)26-19-22-17(13-25-19)16-9-5-3-6-10-16/h3,5-6,9-10,13,15H,4,7-8,11-12H2,1-2H3/t15-/m0/s1. The average molecular weight is 386 g/mol. The van der Waals surface area contributed by atoms with Crippen molar-refractivity contribution >= 4 is 29.0 Å². The number of hydrogen-bond donors (Lipinski definition) is 0. The van der Waals surface area contributed by atoms with E-state index in [4.69, 9.17) is 0 Å². The third kappa shape index (κ3) is 3.94. The van der Waals surface area contributed by atoms with Crippen LogP contribution < -0.4 is 0 Å². The quantitative estimate of drug-likeness (QED) is 0.682. The summed E-state index contributed by atoms with van der Waals surface area (Å²) >= 11 is 3.03. The Labute approximate surface area is 163 Å². The van der Waals surface area contributed by atoms with Crippen molar-refractivity contribution < 1.29 is 4.79 Å². The minimum absolute atomic E-state index is 0.00918. The van der Waals surface area contributed by atoms with Gasteiger partial charge in [0.1, 0.15) is 5.54 Å². The van der Waals surface area contributed by atoms with Crippen LogP contribution in [0.15, 0.2) is 40.1 Å². The van der Waals surface area contributed by atoms with E-state index in [1.165, 1.54) is 11.8 Å². The van der Waals surface area contributed by atoms with Crippen LogP contribution in [0.5, 0.6) is 0 Å². The van der Waals surface area contributed by atoms with Crippen LogP contribution in [0, 0.1) is 11.3 Å². The van der Waals surface area contributed by atoms with Crippen LogP contribution in [-0.4, -0.2) is 33.6 Å². The van der Waals surface area contributed by atoms with Crippen LogP contribution in [0.2, 0.25) is 0 Å². The number of benzene rings is 1. The number of rotatable bonds is 5. The predicted molar refractivity (Wildman–Crippen MR) is 107 cm³/mol. The van der Waals surface area contributed by atoms with Gasteiger partial charge in [-0.2, -0.15) is 5.26 Å². The van der Waals surface area contributed by atoms with E-state index in [0.29, 0.717) is 0 Å². The van der Waals surface area contributed by atoms with Gasteiger partial charge in [0.05, 0.1) is 17.0 Å². The molecule has 0 bridgehead atoms. The highest BCUT2D eigenvalue weighted by atomic mass is 32.2. The fourth-order valence-electron chi connectivity index (χ4n) is 3.40. The van der Waals surface area contributed by atoms with Crippen molar-refractivity contribution in [1.29, 1.82) is 5.26 Å². The lowest BCUT2D eigenvalue weighted by molar-refractivity contribution is -0.133. The second-order valence-electron chi connectivity index (χ2n) is 6.73. The smallest absolute Gasteiger partial charge is 0.236 e. The molecule has 1 aromatic heterocycles. The summed E-state index contributed by atoms with van der Waals surface area (Å²) in [5, 5.41) is 11.5. The molecular formula is C20H23N3OS2. The Bertz CT molecular complexity index is 791. The van der Waals surface area contributed by atoms with Crippen LogP contribution >= 0.6 is 23.1 Å². The second kappa shape index (κ2) is 8.24. The Hall–Kier alpha value is -1.84. The lowest BCUT2D eigenvalue weighted by Crippen LogP contribution is -2.52. The number of amides is 1. The zero-order chi connectivity index (χ0) is 18.6. The average Bonchev–Trinajstić information content (AvgIpc) is 3.16. The van der Waals surface area contributed by atoms with E-state index in [-0.39, 0.29) is 11.2 Å². The fourth-order valence-corrected chi connectivity index (χ4v) is 5.46. The van der Waals surface area contributed by atoms with Crippen LogP contribution in [-0.2, 0) is 4.79 Å². The van der Waals surface area contributed by atoms with E-state index in [2.05, 4.69) is 11.1 Å². The monoisotopic (exact) mass is 385 g/mol. The van der Waals surface area contributed by atoms with Crippen LogP contribution in [0.25, 0.3) is 11.3 Å². The van der Waals surface area contributed by atoms with Gasteiger partial charge < -0.3 is 4.90 Å². The molecule has 1 aliphatic rings. The fraction of sp³-hybridized carbons (Fsp3) is 0.450. The molecule has 0 saturated heterocycles. The molecule has 1 saturated carbocycles. The van der Waals surface area contributed by atoms with Crippen molar-refractivity contribution in [2.45, 2.75) is 54.2 Å². The van der Waals surface area contributed by atoms with Crippen LogP contribution in [0.4, 0.5) is 0 Å². The van der Waals surface area contributed by atoms with Gasteiger partial charge in [0.25, 0.3) is 0 Å². The van der Waals surface area contributed by atoms with E-state index in [9.17, 15) is 10.1 Å². The van der Waals surface area contributed by atoms with Gasteiger partial charge in [-0.05, 0) is 19.8 Å². The molecule has 0 radical (unpaired) electrons. The molecule has 0 unspecified atom stereocenters. The normalized spacial score (nSPS) is 17.3. The highest BCUT2D eigenvalue weighted by molar-refractivity contribution is 8.02. The maximum Gasteiger partial charge on any atom is 0.236 e. The van der Waals surface area contributed by atoms with E-state index in [1.807, 2.05) is 42.6 Å². The maximum atomic E-state index is 12.9. The molecule has 6 heteroatoms. The topological polar surface area (TPSA) is 57.0 Å². The molecule has 0 aliphatic heterocycles. The molecular weight excluding hydrogens is 362 g/mol. The molecule has 1 aromatic carbocycles. The van der Waals surface area contributed by atoms with Crippen molar-refractivity contribution in [3.63, 3.8) is 0 Å². The second-order valence-corrected chi connectivity index (χ2v) is 9.17. The minimum Gasteiger partial charge on any atom is -0.326 e. The molecule has 0 spiro atoms. The first-order valence-corrected chi connectivity index (χ1v) is 10.7. The lowest BCUT2D eigenvalue weighted by Gasteiger charge is -2.40. The molecule has 0 N–H and O–H groups in total. The van der Waals surface area contributed by atoms with Crippen LogP contribution in [0.1, 0.15) is 39.0 Å². The Morgan fingerprint density at radius 3 is 2.65 bits per heavy atom. The molecule has 1 fully saturated rings. The molecule has 1 amide bonds. The summed E-state index contributed by atoms with van der Waals surface area (Å²) < 4.78 is 0.882. The number of aromatic nitrogens is 1. The van der Waals surface area contributed by atoms with Crippen molar-refractivity contribution in [1.82, 2.24) is 9.88 Å². The lowest BCUT2D eigenvalue weighted by atomic mass is 9.81. The summed E-state index contributed by atoms with van der Waals surface area (Å²) in [6.45, 7) is 1.90. The molecule has 136 valence electrons. The maximum absolute atomic E-state index is 12.9. The highest BCUT2D eigenvalue weighted by Gasteiger charge is 2.40. The summed E-state index contributed by atoms with van der Waals surface area (Å²) in [6, 6.07) is 12.5. The first-order valence-electron chi connectivity index (χ1n) is 8.92. The summed E-state index contributed by atoms with van der Waals surface area (Å²) in [5.74, 6) is 0.00918. The van der Waals surface area contributed by atoms with Gasteiger partial charge in [-0.15, -0.1) is 11.3 Å². The molecule has 1 atom stereocenters. The van der Waals surface area contributed by atoms with Gasteiger partial charge in [0.15, 0.2) is 4.34 Å². The predicted octanol–water partition coefficient (Wildman–Crippen LogP) is 4.98. The van der Waals surface area contributed by atoms with Crippen molar-refractivity contribution in [3.05, 3.63) is 35.7 Å². The molecule has 4 nitrogen and oxygen atoms in total. The van der Waals surface area contributed by atoms with Crippen molar-refractivity contribution in [2.75, 3.05) is 7.05 Å². The van der Waals surface area contributed by atoms with Gasteiger partial charge in [-0.25, -0.2) is 4.98 Å². The Balaban J connectivity index is 1.68. The first kappa shape index (κ1) is 18.9. The number of thiazole rings is 1. The van der Waals surface area contributed by atoms with E-state index in [0.717, 1.165) is 47.7 Å². The first-order chi connectivity index (χ1) is 12.6. The zero-order valence-electron chi connectivity index (χ0n) is 15.1. The van der Waals surface area contributed by atoms with Crippen molar-refractivity contribution in [3.8, 4) is 17.3 Å². The van der Waals surface area contributed by atoms with Gasteiger partial charge in [-0.1, -0.05) is 61.4 Å². The van der Waals surface area contributed by atoms with E-state index >= 15 is 0 Å². The Morgan fingerprint density at radius 2 is 2.00 bits per heavy atom. The SMILES string of the molecule is C[C@H](Sc1nc(-c2ccccc2)cs1)C(=O)N(C)C1(C#N)CCCCC1. The Morgan fingerprint density at radius 1 is 1.31 bits per heavy atom. The Kier molecular flexibility index (Phi) is 6.00. The number of nitrogens with zero attached hydrogens (tertiary/aromatic N) is 3. The largest absolute Gasteiger partial charge is 0.326 e. The third-order valence-corrected chi connectivity index (χ3v) is 7.10. The number of carbonyl (C=O) groups excluding carboxylic acids is 1. The number of thioether (sulfide) groups is 1. The van der Waals surface area contributed by atoms with Crippen molar-refractivity contribution in [2.24, 2.45) is 0 Å². The summed E-state index contributed by atoms with van der Waals surface area (Å²) in [6.07, 6.45) is 4.73. The molecule has 26 heavy (non-hydrogen) atoms. The molecule has 1 aliphatic carbocycles. The third-order valence-electron chi connectivity index (χ3n) is 5.04. The van der Waals surface area contributed by atoms with Gasteiger partial charge >= 0.3 is 0 Å². The number of hydrogen-bond acceptors (Lipinski definition) is 5. The van der Waals surface area contributed by atoms with Crippen LogP contribution in [0.3, 0.4) is 0 Å². The van der Waals surface area contributed by atoms with Gasteiger partial charge in [0, 0.05) is 18.0 Å². The minimum atomic E-state index is -0.637. The number of carbonyl (C=O) groups is 1. The molecule has 1 heterocycles. The highest BCUT2D eigenvalue weighted by Crippen LogP contribution is 2.35. The zero-order valence-corrected chi connectivity index (χ0v) is 16.8. The number of nitriles is 1. The van der Waals surface area contributed by atoms with Gasteiger partial charge in [-0.3, -0.25) is 4.79 Å². The molecule has 3 rings (SSSR count). The van der Waals surface area contributed by atoms with E-state index < -0.39 is 5.54 Å². The molecule has 2 aromatic rings. The van der Waals surface area contributed by atoms with Gasteiger partial charge in [0.2, 0.25) is 5.91 Å². The summed E-state index contributed by atoms with van der Waals surface area (Å²) in [4.78, 5) is 19.3. The van der Waals surface area contributed by atoms with E-state index in [1.54, 1.807) is 23.3 Å². The summed E-state index contributed by atoms with van der Waals surface area (Å²) in [7, 11) is 1.78. The summed E-state index contributed by atoms with van der Waals surface area (Å²) in [5.41, 5.74) is 1.38.